The first kappa shape index (κ1) is 22.2. The number of furan rings is 1. The van der Waals surface area contributed by atoms with Gasteiger partial charge in [-0.1, -0.05) is 0 Å². The highest BCUT2D eigenvalue weighted by molar-refractivity contribution is 5.90. The molecule has 0 bridgehead atoms. The number of hydrogen-bond donors (Lipinski definition) is 5. The molecule has 11 heteroatoms. The lowest BCUT2D eigenvalue weighted by atomic mass is 10.1. The van der Waals surface area contributed by atoms with Gasteiger partial charge in [-0.3, -0.25) is 0 Å². The Labute approximate surface area is 186 Å². The summed E-state index contributed by atoms with van der Waals surface area (Å²) < 4.78 is 47.3. The van der Waals surface area contributed by atoms with Crippen LogP contribution >= 0.6 is 0 Å². The smallest absolute Gasteiger partial charge is 0.319 e. The Morgan fingerprint density at radius 1 is 1.15 bits per heavy atom. The number of carbonyl (C=O) groups excluding carboxylic acids is 1. The Bertz CT molecular complexity index is 1290. The van der Waals surface area contributed by atoms with Gasteiger partial charge in [-0.05, 0) is 31.2 Å². The second-order valence-electron chi connectivity index (χ2n) is 7.40. The molecule has 0 saturated heterocycles. The number of nitrogens with one attached hydrogen (secondary N) is 4. The van der Waals surface area contributed by atoms with Crippen LogP contribution in [-0.4, -0.2) is 22.5 Å². The summed E-state index contributed by atoms with van der Waals surface area (Å²) in [6, 6.07) is 4.36. The van der Waals surface area contributed by atoms with Gasteiger partial charge in [0.15, 0.2) is 11.4 Å². The van der Waals surface area contributed by atoms with Crippen molar-refractivity contribution in [2.45, 2.75) is 19.5 Å². The number of anilines is 2. The molecule has 1 atom stereocenters. The zero-order valence-corrected chi connectivity index (χ0v) is 17.5. The molecule has 0 saturated carbocycles. The number of halogens is 3. The van der Waals surface area contributed by atoms with E-state index in [-0.39, 0.29) is 29.0 Å². The number of imidazole rings is 1. The number of hydrogen-bond acceptors (Lipinski definition) is 5. The molecule has 33 heavy (non-hydrogen) atoms. The van der Waals surface area contributed by atoms with Gasteiger partial charge in [0.05, 0.1) is 18.6 Å². The third-order valence-corrected chi connectivity index (χ3v) is 5.04. The number of aromatic nitrogens is 2. The third kappa shape index (κ3) is 4.93. The standard InChI is InChI=1S/C22H21F3N6O2/c1-11-17-4-13(24)5-18(25)21(17)33-20(11)19(7-26)31-22(32)30-15-3-12(23)2-14(6-15)28-9-16-8-27-10-29-16/h2-6,8,10,19,28H,7,9,26H2,1H3,(H,27,29)(H2,30,31,32). The number of rotatable bonds is 7. The van der Waals surface area contributed by atoms with Crippen LogP contribution in [0.1, 0.15) is 23.1 Å². The van der Waals surface area contributed by atoms with E-state index in [9.17, 15) is 18.0 Å². The van der Waals surface area contributed by atoms with Crippen molar-refractivity contribution in [2.24, 2.45) is 5.73 Å². The van der Waals surface area contributed by atoms with Crippen LogP contribution in [0.2, 0.25) is 0 Å². The third-order valence-electron chi connectivity index (χ3n) is 5.04. The zero-order chi connectivity index (χ0) is 23.5. The van der Waals surface area contributed by atoms with Gasteiger partial charge in [0.1, 0.15) is 23.4 Å². The molecule has 0 fully saturated rings. The number of aryl methyl sites for hydroxylation is 1. The van der Waals surface area contributed by atoms with Crippen LogP contribution < -0.4 is 21.7 Å². The number of amides is 2. The maximum Gasteiger partial charge on any atom is 0.319 e. The van der Waals surface area contributed by atoms with Gasteiger partial charge >= 0.3 is 6.03 Å². The lowest BCUT2D eigenvalue weighted by molar-refractivity contribution is 0.247. The van der Waals surface area contributed by atoms with Crippen LogP contribution in [0.3, 0.4) is 0 Å². The van der Waals surface area contributed by atoms with Crippen molar-refractivity contribution >= 4 is 28.4 Å². The molecule has 0 aliphatic heterocycles. The molecule has 2 heterocycles. The van der Waals surface area contributed by atoms with E-state index < -0.39 is 29.5 Å². The predicted molar refractivity (Wildman–Crippen MR) is 117 cm³/mol. The maximum atomic E-state index is 14.1. The van der Waals surface area contributed by atoms with E-state index in [1.165, 1.54) is 12.4 Å². The largest absolute Gasteiger partial charge is 0.455 e. The average Bonchev–Trinajstić information content (AvgIpc) is 3.39. The van der Waals surface area contributed by atoms with Crippen molar-refractivity contribution in [2.75, 3.05) is 17.2 Å². The van der Waals surface area contributed by atoms with Crippen molar-refractivity contribution in [3.8, 4) is 0 Å². The monoisotopic (exact) mass is 458 g/mol. The van der Waals surface area contributed by atoms with Gasteiger partial charge < -0.3 is 31.1 Å². The number of benzene rings is 2. The maximum absolute atomic E-state index is 14.1. The topological polar surface area (TPSA) is 121 Å². The number of nitrogens with zero attached hydrogens (tertiary/aromatic N) is 1. The minimum absolute atomic E-state index is 0.0711. The molecular formula is C22H21F3N6O2. The number of urea groups is 1. The summed E-state index contributed by atoms with van der Waals surface area (Å²) in [5, 5.41) is 8.44. The Morgan fingerprint density at radius 3 is 2.64 bits per heavy atom. The van der Waals surface area contributed by atoms with E-state index >= 15 is 0 Å². The van der Waals surface area contributed by atoms with E-state index in [0.717, 1.165) is 17.8 Å². The first-order chi connectivity index (χ1) is 15.8. The molecule has 1 unspecified atom stereocenters. The van der Waals surface area contributed by atoms with Crippen molar-refractivity contribution in [1.29, 1.82) is 0 Å². The quantitative estimate of drug-likeness (QED) is 0.283. The second-order valence-corrected chi connectivity index (χ2v) is 7.40. The van der Waals surface area contributed by atoms with Crippen molar-refractivity contribution < 1.29 is 22.4 Å². The number of carbonyl (C=O) groups is 1. The Morgan fingerprint density at radius 2 is 1.91 bits per heavy atom. The Balaban J connectivity index is 1.48. The zero-order valence-electron chi connectivity index (χ0n) is 17.5. The van der Waals surface area contributed by atoms with Gasteiger partial charge in [0.25, 0.3) is 0 Å². The number of H-pyrrole nitrogens is 1. The predicted octanol–water partition coefficient (Wildman–Crippen LogP) is 4.32. The van der Waals surface area contributed by atoms with Gasteiger partial charge in [-0.25, -0.2) is 22.9 Å². The van der Waals surface area contributed by atoms with Crippen LogP contribution in [0.5, 0.6) is 0 Å². The molecule has 2 aromatic carbocycles. The summed E-state index contributed by atoms with van der Waals surface area (Å²) in [6.45, 7) is 1.93. The molecule has 0 aliphatic carbocycles. The van der Waals surface area contributed by atoms with Crippen LogP contribution in [0.4, 0.5) is 29.3 Å². The molecule has 2 aromatic heterocycles. The molecule has 4 rings (SSSR count). The summed E-state index contributed by atoms with van der Waals surface area (Å²) in [7, 11) is 0. The SMILES string of the molecule is Cc1c(C(CN)NC(=O)Nc2cc(F)cc(NCc3cnc[nH]3)c2)oc2c(F)cc(F)cc12. The fraction of sp³-hybridized carbons (Fsp3) is 0.182. The van der Waals surface area contributed by atoms with E-state index in [2.05, 4.69) is 25.9 Å². The Hall–Kier alpha value is -3.99. The number of aromatic amines is 1. The first-order valence-electron chi connectivity index (χ1n) is 10.0. The van der Waals surface area contributed by atoms with E-state index in [1.54, 1.807) is 19.2 Å². The summed E-state index contributed by atoms with van der Waals surface area (Å²) in [6.07, 6.45) is 3.16. The highest BCUT2D eigenvalue weighted by atomic mass is 19.1. The second kappa shape index (κ2) is 9.25. The van der Waals surface area contributed by atoms with Crippen molar-refractivity contribution in [3.05, 3.63) is 77.3 Å². The molecule has 0 spiro atoms. The first-order valence-corrected chi connectivity index (χ1v) is 10.0. The van der Waals surface area contributed by atoms with Gasteiger partial charge in [0, 0.05) is 41.1 Å². The molecule has 0 aliphatic rings. The molecule has 172 valence electrons. The fourth-order valence-corrected chi connectivity index (χ4v) is 3.49. The van der Waals surface area contributed by atoms with E-state index in [0.29, 0.717) is 23.9 Å². The van der Waals surface area contributed by atoms with Crippen LogP contribution in [0, 0.1) is 24.4 Å². The lowest BCUT2D eigenvalue weighted by Gasteiger charge is -2.17. The minimum atomic E-state index is -0.852. The molecule has 0 radical (unpaired) electrons. The van der Waals surface area contributed by atoms with Crippen molar-refractivity contribution in [1.82, 2.24) is 15.3 Å². The fourth-order valence-electron chi connectivity index (χ4n) is 3.49. The molecule has 4 aromatic rings. The van der Waals surface area contributed by atoms with Crippen LogP contribution in [0.15, 0.2) is 47.3 Å². The van der Waals surface area contributed by atoms with Crippen molar-refractivity contribution in [3.63, 3.8) is 0 Å². The normalized spacial score (nSPS) is 12.0. The molecule has 8 nitrogen and oxygen atoms in total. The summed E-state index contributed by atoms with van der Waals surface area (Å²) in [5.41, 5.74) is 7.57. The van der Waals surface area contributed by atoms with Gasteiger partial charge in [-0.2, -0.15) is 0 Å². The summed E-state index contributed by atoms with van der Waals surface area (Å²) in [4.78, 5) is 19.4. The minimum Gasteiger partial charge on any atom is -0.455 e. The molecular weight excluding hydrogens is 437 g/mol. The summed E-state index contributed by atoms with van der Waals surface area (Å²) in [5.74, 6) is -1.95. The van der Waals surface area contributed by atoms with Crippen LogP contribution in [-0.2, 0) is 6.54 Å². The van der Waals surface area contributed by atoms with Gasteiger partial charge in [-0.15, -0.1) is 0 Å². The number of nitrogens with two attached hydrogens (primary N) is 1. The summed E-state index contributed by atoms with van der Waals surface area (Å²) >= 11 is 0. The average molecular weight is 458 g/mol. The Kier molecular flexibility index (Phi) is 6.22. The highest BCUT2D eigenvalue weighted by Gasteiger charge is 2.23. The van der Waals surface area contributed by atoms with E-state index in [4.69, 9.17) is 10.2 Å². The van der Waals surface area contributed by atoms with Crippen LogP contribution in [0.25, 0.3) is 11.0 Å². The molecule has 6 N–H and O–H groups in total. The molecule has 2 amide bonds. The van der Waals surface area contributed by atoms with E-state index in [1.807, 2.05) is 0 Å². The highest BCUT2D eigenvalue weighted by Crippen LogP contribution is 2.31. The van der Waals surface area contributed by atoms with Gasteiger partial charge in [0.2, 0.25) is 0 Å². The lowest BCUT2D eigenvalue weighted by Crippen LogP contribution is -2.36. The number of fused-ring (bicyclic) bond motifs is 1.